The summed E-state index contributed by atoms with van der Waals surface area (Å²) in [6, 6.07) is 3.79. The number of hydrogen-bond acceptors (Lipinski definition) is 4. The lowest BCUT2D eigenvalue weighted by molar-refractivity contribution is -0.117. The van der Waals surface area contributed by atoms with Crippen LogP contribution in [-0.4, -0.2) is 23.8 Å². The number of furan rings is 1. The zero-order valence-corrected chi connectivity index (χ0v) is 10.7. The molecule has 2 aliphatic rings. The fourth-order valence-corrected chi connectivity index (χ4v) is 2.72. The molecule has 3 rings (SSSR count). The summed E-state index contributed by atoms with van der Waals surface area (Å²) in [6.45, 7) is 4.68. The van der Waals surface area contributed by atoms with Crippen molar-refractivity contribution >= 4 is 11.7 Å². The lowest BCUT2D eigenvalue weighted by atomic mass is 9.93. The van der Waals surface area contributed by atoms with Crippen molar-refractivity contribution in [1.82, 2.24) is 0 Å². The van der Waals surface area contributed by atoms with E-state index in [0.29, 0.717) is 19.4 Å². The van der Waals surface area contributed by atoms with Crippen molar-refractivity contribution in [3.05, 3.63) is 24.2 Å². The van der Waals surface area contributed by atoms with E-state index in [0.717, 1.165) is 11.7 Å². The van der Waals surface area contributed by atoms with E-state index in [2.05, 4.69) is 4.99 Å². The van der Waals surface area contributed by atoms with E-state index < -0.39 is 0 Å². The van der Waals surface area contributed by atoms with Crippen LogP contribution in [0.15, 0.2) is 27.8 Å². The van der Waals surface area contributed by atoms with Gasteiger partial charge in [0.1, 0.15) is 18.2 Å². The number of rotatable bonds is 2. The lowest BCUT2D eigenvalue weighted by Crippen LogP contribution is -2.18. The van der Waals surface area contributed by atoms with Crippen LogP contribution < -0.4 is 0 Å². The molecule has 1 aliphatic carbocycles. The zero-order valence-electron chi connectivity index (χ0n) is 10.7. The molecule has 0 spiro atoms. The Kier molecular flexibility index (Phi) is 2.54. The molecule has 0 radical (unpaired) electrons. The summed E-state index contributed by atoms with van der Waals surface area (Å²) in [5, 5.41) is 0. The summed E-state index contributed by atoms with van der Waals surface area (Å²) in [7, 11) is 0. The molecule has 18 heavy (non-hydrogen) atoms. The topological polar surface area (TPSA) is 51.8 Å². The minimum Gasteiger partial charge on any atom is -0.478 e. The predicted octanol–water partition coefficient (Wildman–Crippen LogP) is 2.55. The van der Waals surface area contributed by atoms with Crippen LogP contribution in [0.25, 0.3) is 0 Å². The number of carbonyl (C=O) groups excluding carboxylic acids is 1. The third-order valence-corrected chi connectivity index (χ3v) is 3.59. The van der Waals surface area contributed by atoms with Gasteiger partial charge in [0, 0.05) is 18.8 Å². The molecular weight excluding hydrogens is 230 g/mol. The van der Waals surface area contributed by atoms with Gasteiger partial charge in [0.25, 0.3) is 0 Å². The van der Waals surface area contributed by atoms with Gasteiger partial charge in [-0.1, -0.05) is 0 Å². The van der Waals surface area contributed by atoms with Crippen LogP contribution >= 0.6 is 0 Å². The summed E-state index contributed by atoms with van der Waals surface area (Å²) < 4.78 is 11.1. The van der Waals surface area contributed by atoms with Crippen LogP contribution in [0, 0.1) is 5.92 Å². The van der Waals surface area contributed by atoms with E-state index in [4.69, 9.17) is 9.15 Å². The summed E-state index contributed by atoms with van der Waals surface area (Å²) in [6.07, 6.45) is 2.69. The molecule has 2 heterocycles. The monoisotopic (exact) mass is 247 g/mol. The average Bonchev–Trinajstić information content (AvgIpc) is 2.96. The normalized spacial score (nSPS) is 30.3. The number of ether oxygens (including phenoxy) is 1. The van der Waals surface area contributed by atoms with E-state index >= 15 is 0 Å². The third kappa shape index (κ3) is 1.96. The molecule has 1 fully saturated rings. The summed E-state index contributed by atoms with van der Waals surface area (Å²) in [5.74, 6) is 1.98. The van der Waals surface area contributed by atoms with Gasteiger partial charge < -0.3 is 9.15 Å². The first-order chi connectivity index (χ1) is 8.55. The number of carbonyl (C=O) groups is 1. The Labute approximate surface area is 106 Å². The maximum Gasteiger partial charge on any atom is 0.188 e. The van der Waals surface area contributed by atoms with Crippen molar-refractivity contribution in [3.8, 4) is 0 Å². The highest BCUT2D eigenvalue weighted by Crippen LogP contribution is 2.40. The minimum absolute atomic E-state index is 0.0467. The van der Waals surface area contributed by atoms with Crippen LogP contribution in [0.1, 0.15) is 38.4 Å². The lowest BCUT2D eigenvalue weighted by Gasteiger charge is -2.15. The van der Waals surface area contributed by atoms with Gasteiger partial charge in [-0.15, -0.1) is 0 Å². The summed E-state index contributed by atoms with van der Waals surface area (Å²) >= 11 is 0. The standard InChI is InChI=1S/C14H17NO3/c1-14(2)8-18-13(15-14)11-7-9(16)6-10(11)12-4-3-5-17-12/h3-5,10-11H,6-8H2,1-2H3/t10-,11+/m0/s1. The van der Waals surface area contributed by atoms with Gasteiger partial charge in [0.2, 0.25) is 0 Å². The smallest absolute Gasteiger partial charge is 0.188 e. The Hall–Kier alpha value is -1.58. The molecule has 4 nitrogen and oxygen atoms in total. The second-order valence-corrected chi connectivity index (χ2v) is 5.73. The fraction of sp³-hybridized carbons (Fsp3) is 0.571. The van der Waals surface area contributed by atoms with E-state index in [1.165, 1.54) is 0 Å². The predicted molar refractivity (Wildman–Crippen MR) is 66.6 cm³/mol. The number of nitrogens with zero attached hydrogens (tertiary/aromatic N) is 1. The van der Waals surface area contributed by atoms with Gasteiger partial charge in [-0.25, -0.2) is 4.99 Å². The largest absolute Gasteiger partial charge is 0.478 e. The van der Waals surface area contributed by atoms with Crippen LogP contribution in [0.4, 0.5) is 0 Å². The van der Waals surface area contributed by atoms with Gasteiger partial charge in [-0.05, 0) is 26.0 Å². The summed E-state index contributed by atoms with van der Waals surface area (Å²) in [4.78, 5) is 16.3. The van der Waals surface area contributed by atoms with Crippen LogP contribution in [0.3, 0.4) is 0 Å². The average molecular weight is 247 g/mol. The zero-order chi connectivity index (χ0) is 12.8. The fourth-order valence-electron chi connectivity index (χ4n) is 2.72. The first-order valence-corrected chi connectivity index (χ1v) is 6.33. The Morgan fingerprint density at radius 1 is 1.33 bits per heavy atom. The Morgan fingerprint density at radius 2 is 2.11 bits per heavy atom. The molecule has 1 saturated carbocycles. The molecule has 0 unspecified atom stereocenters. The van der Waals surface area contributed by atoms with Crippen molar-refractivity contribution in [2.75, 3.05) is 6.61 Å². The number of ketones is 1. The van der Waals surface area contributed by atoms with Gasteiger partial charge >= 0.3 is 0 Å². The van der Waals surface area contributed by atoms with Crippen LogP contribution in [-0.2, 0) is 9.53 Å². The second-order valence-electron chi connectivity index (χ2n) is 5.73. The highest BCUT2D eigenvalue weighted by atomic mass is 16.5. The quantitative estimate of drug-likeness (QED) is 0.807. The molecule has 0 aromatic carbocycles. The van der Waals surface area contributed by atoms with Gasteiger partial charge in [0.05, 0.1) is 17.7 Å². The Morgan fingerprint density at radius 3 is 2.72 bits per heavy atom. The molecule has 0 N–H and O–H groups in total. The molecule has 0 saturated heterocycles. The molecule has 1 aromatic rings. The molecule has 4 heteroatoms. The molecule has 0 amide bonds. The third-order valence-electron chi connectivity index (χ3n) is 3.59. The van der Waals surface area contributed by atoms with E-state index in [1.807, 2.05) is 26.0 Å². The number of aliphatic imine (C=N–C) groups is 1. The van der Waals surface area contributed by atoms with Crippen LogP contribution in [0.5, 0.6) is 0 Å². The molecule has 1 aromatic heterocycles. The van der Waals surface area contributed by atoms with Gasteiger partial charge in [-0.3, -0.25) is 4.79 Å². The van der Waals surface area contributed by atoms with Crippen molar-refractivity contribution in [3.63, 3.8) is 0 Å². The van der Waals surface area contributed by atoms with Crippen molar-refractivity contribution < 1.29 is 13.9 Å². The maximum absolute atomic E-state index is 11.7. The highest BCUT2D eigenvalue weighted by molar-refractivity contribution is 5.92. The minimum atomic E-state index is -0.172. The second kappa shape index (κ2) is 3.97. The molecular formula is C14H17NO3. The van der Waals surface area contributed by atoms with E-state index in [1.54, 1.807) is 6.26 Å². The van der Waals surface area contributed by atoms with E-state index in [9.17, 15) is 4.79 Å². The first-order valence-electron chi connectivity index (χ1n) is 6.33. The van der Waals surface area contributed by atoms with Gasteiger partial charge in [-0.2, -0.15) is 0 Å². The maximum atomic E-state index is 11.7. The van der Waals surface area contributed by atoms with E-state index in [-0.39, 0.29) is 23.2 Å². The highest BCUT2D eigenvalue weighted by Gasteiger charge is 2.42. The van der Waals surface area contributed by atoms with Crippen molar-refractivity contribution in [2.24, 2.45) is 10.9 Å². The van der Waals surface area contributed by atoms with Crippen molar-refractivity contribution in [1.29, 1.82) is 0 Å². The molecule has 96 valence electrons. The Balaban J connectivity index is 1.89. The summed E-state index contributed by atoms with van der Waals surface area (Å²) in [5.41, 5.74) is -0.172. The van der Waals surface area contributed by atoms with Crippen molar-refractivity contribution in [2.45, 2.75) is 38.1 Å². The number of hydrogen-bond donors (Lipinski definition) is 0. The number of Topliss-reactive ketones (excluding diaryl/α,β-unsaturated/α-hetero) is 1. The molecule has 2 atom stereocenters. The molecule has 1 aliphatic heterocycles. The van der Waals surface area contributed by atoms with Gasteiger partial charge in [0.15, 0.2) is 5.90 Å². The van der Waals surface area contributed by atoms with Crippen LogP contribution in [0.2, 0.25) is 0 Å². The Bertz CT molecular complexity index is 487. The SMILES string of the molecule is CC1(C)COC([C@@H]2CC(=O)C[C@@H]2c2ccco2)=N1. The first kappa shape index (κ1) is 11.5. The molecule has 0 bridgehead atoms.